The van der Waals surface area contributed by atoms with Crippen molar-refractivity contribution in [2.24, 2.45) is 11.0 Å². The van der Waals surface area contributed by atoms with E-state index < -0.39 is 18.0 Å². The van der Waals surface area contributed by atoms with E-state index in [0.717, 1.165) is 5.71 Å². The van der Waals surface area contributed by atoms with Crippen molar-refractivity contribution in [3.05, 3.63) is 22.6 Å². The molecule has 1 saturated heterocycles. The average molecular weight is 369 g/mol. The van der Waals surface area contributed by atoms with E-state index in [1.165, 1.54) is 45.8 Å². The molecule has 9 nitrogen and oxygen atoms in total. The third-order valence-electron chi connectivity index (χ3n) is 3.57. The van der Waals surface area contributed by atoms with E-state index >= 15 is 0 Å². The van der Waals surface area contributed by atoms with Crippen molar-refractivity contribution in [3.8, 4) is 0 Å². The van der Waals surface area contributed by atoms with Crippen molar-refractivity contribution >= 4 is 41.1 Å². The summed E-state index contributed by atoms with van der Waals surface area (Å²) in [4.78, 5) is 24.9. The van der Waals surface area contributed by atoms with E-state index in [2.05, 4.69) is 15.3 Å². The van der Waals surface area contributed by atoms with Gasteiger partial charge in [-0.25, -0.2) is 9.47 Å². The lowest BCUT2D eigenvalue weighted by molar-refractivity contribution is -0.156. The summed E-state index contributed by atoms with van der Waals surface area (Å²) >= 11 is 2.62. The number of carbonyl (C=O) groups excluding carboxylic acids is 1. The molecule has 3 rings (SSSR count). The number of fused-ring (bicyclic) bond motifs is 1. The lowest BCUT2D eigenvalue weighted by Crippen LogP contribution is -2.60. The smallest absolute Gasteiger partial charge is 0.354 e. The van der Waals surface area contributed by atoms with Crippen molar-refractivity contribution in [2.45, 2.75) is 25.3 Å². The molecule has 2 aliphatic heterocycles. The van der Waals surface area contributed by atoms with Crippen molar-refractivity contribution in [2.75, 3.05) is 5.75 Å². The molecule has 128 valence electrons. The molecule has 1 aromatic heterocycles. The summed E-state index contributed by atoms with van der Waals surface area (Å²) in [7, 11) is 0. The highest BCUT2D eigenvalue weighted by Crippen LogP contribution is 2.53. The second kappa shape index (κ2) is 6.57. The summed E-state index contributed by atoms with van der Waals surface area (Å²) in [5.41, 5.74) is 0.749. The van der Waals surface area contributed by atoms with Gasteiger partial charge in [-0.1, -0.05) is 11.8 Å². The van der Waals surface area contributed by atoms with Crippen LogP contribution in [0.3, 0.4) is 0 Å². The van der Waals surface area contributed by atoms with E-state index in [1.54, 1.807) is 6.92 Å². The third kappa shape index (κ3) is 2.94. The molecule has 0 saturated carbocycles. The van der Waals surface area contributed by atoms with Crippen LogP contribution >= 0.6 is 23.5 Å². The van der Waals surface area contributed by atoms with Crippen molar-refractivity contribution in [1.29, 1.82) is 0 Å². The SMILES string of the molecule is CC(CSC1=C(C(=O)O)N2C(=O)[C@H](C(C)O)[C@H]2S1)=Nn1cnnc1. The Morgan fingerprint density at radius 3 is 2.75 bits per heavy atom. The quantitative estimate of drug-likeness (QED) is 0.546. The summed E-state index contributed by atoms with van der Waals surface area (Å²) in [5.74, 6) is -1.58. The summed E-state index contributed by atoms with van der Waals surface area (Å²) in [6.45, 7) is 3.36. The number of β-lactam (4-membered cyclic amide) rings is 1. The molecule has 0 aromatic carbocycles. The van der Waals surface area contributed by atoms with Gasteiger partial charge in [-0.3, -0.25) is 9.69 Å². The highest BCUT2D eigenvalue weighted by Gasteiger charge is 2.57. The molecule has 2 N–H and O–H groups in total. The van der Waals surface area contributed by atoms with E-state index in [1.807, 2.05) is 6.92 Å². The number of carboxylic acid groups (broad SMARTS) is 1. The minimum absolute atomic E-state index is 0.00556. The van der Waals surface area contributed by atoms with Gasteiger partial charge in [0.2, 0.25) is 5.91 Å². The molecular formula is C13H15N5O4S2. The molecule has 3 heterocycles. The predicted octanol–water partition coefficient (Wildman–Crippen LogP) is 0.401. The van der Waals surface area contributed by atoms with Crippen LogP contribution in [0, 0.1) is 5.92 Å². The first kappa shape index (κ1) is 17.0. The average Bonchev–Trinajstić information content (AvgIpc) is 3.10. The number of carbonyl (C=O) groups is 2. The van der Waals surface area contributed by atoms with E-state index in [9.17, 15) is 19.8 Å². The van der Waals surface area contributed by atoms with E-state index in [0.29, 0.717) is 9.99 Å². The van der Waals surface area contributed by atoms with Gasteiger partial charge in [0.25, 0.3) is 0 Å². The molecule has 1 fully saturated rings. The zero-order valence-electron chi connectivity index (χ0n) is 12.9. The second-order valence-corrected chi connectivity index (χ2v) is 7.76. The van der Waals surface area contributed by atoms with Gasteiger partial charge in [-0.05, 0) is 13.8 Å². The Balaban J connectivity index is 1.73. The fourth-order valence-electron chi connectivity index (χ4n) is 2.49. The number of rotatable bonds is 6. The fourth-order valence-corrected chi connectivity index (χ4v) is 5.28. The van der Waals surface area contributed by atoms with Crippen molar-refractivity contribution in [1.82, 2.24) is 19.8 Å². The molecule has 2 aliphatic rings. The zero-order chi connectivity index (χ0) is 17.4. The maximum absolute atomic E-state index is 12.1. The molecule has 3 atom stereocenters. The topological polar surface area (TPSA) is 121 Å². The predicted molar refractivity (Wildman–Crippen MR) is 89.0 cm³/mol. The lowest BCUT2D eigenvalue weighted by atomic mass is 9.92. The van der Waals surface area contributed by atoms with Gasteiger partial charge in [0, 0.05) is 11.5 Å². The zero-order valence-corrected chi connectivity index (χ0v) is 14.5. The number of thioether (sulfide) groups is 2. The molecular weight excluding hydrogens is 354 g/mol. The molecule has 0 aliphatic carbocycles. The molecule has 24 heavy (non-hydrogen) atoms. The van der Waals surface area contributed by atoms with Gasteiger partial charge in [-0.15, -0.1) is 22.0 Å². The number of hydrogen-bond donors (Lipinski definition) is 2. The number of aliphatic hydroxyl groups is 1. The van der Waals surface area contributed by atoms with Crippen LogP contribution in [0.4, 0.5) is 0 Å². The van der Waals surface area contributed by atoms with Crippen LogP contribution in [0.1, 0.15) is 13.8 Å². The van der Waals surface area contributed by atoms with E-state index in [-0.39, 0.29) is 17.0 Å². The Morgan fingerprint density at radius 1 is 1.50 bits per heavy atom. The second-order valence-electron chi connectivity index (χ2n) is 5.39. The highest BCUT2D eigenvalue weighted by atomic mass is 32.2. The summed E-state index contributed by atoms with van der Waals surface area (Å²) in [6.07, 6.45) is 2.11. The van der Waals surface area contributed by atoms with Crippen LogP contribution < -0.4 is 0 Å². The van der Waals surface area contributed by atoms with Crippen molar-refractivity contribution < 1.29 is 19.8 Å². The minimum Gasteiger partial charge on any atom is -0.477 e. The molecule has 1 aromatic rings. The minimum atomic E-state index is -1.14. The Bertz CT molecular complexity index is 731. The third-order valence-corrected chi connectivity index (χ3v) is 6.39. The number of carboxylic acids is 1. The molecule has 1 amide bonds. The van der Waals surface area contributed by atoms with Gasteiger partial charge in [0.15, 0.2) is 5.70 Å². The Labute approximate surface area is 145 Å². The standard InChI is InChI=1S/C13H15N5O4S2/c1-6(16-17-4-14-15-5-17)3-23-13-9(12(21)22)18-10(20)8(7(2)19)11(18)24-13/h4-5,7-8,11,19H,3H2,1-2H3,(H,21,22)/t7?,8-,11+/m0/s1. The Morgan fingerprint density at radius 2 is 2.17 bits per heavy atom. The number of nitrogens with zero attached hydrogens (tertiary/aromatic N) is 5. The van der Waals surface area contributed by atoms with Crippen LogP contribution in [-0.4, -0.2) is 64.8 Å². The lowest BCUT2D eigenvalue weighted by Gasteiger charge is -2.43. The van der Waals surface area contributed by atoms with Crippen LogP contribution in [0.5, 0.6) is 0 Å². The molecule has 11 heteroatoms. The first-order valence-electron chi connectivity index (χ1n) is 7.07. The largest absolute Gasteiger partial charge is 0.477 e. The number of aliphatic carboxylic acids is 1. The number of amides is 1. The van der Waals surface area contributed by atoms with Crippen molar-refractivity contribution in [3.63, 3.8) is 0 Å². The van der Waals surface area contributed by atoms with Gasteiger partial charge < -0.3 is 10.2 Å². The van der Waals surface area contributed by atoms with E-state index in [4.69, 9.17) is 0 Å². The van der Waals surface area contributed by atoms with Crippen LogP contribution in [0.2, 0.25) is 0 Å². The monoisotopic (exact) mass is 369 g/mol. The maximum Gasteiger partial charge on any atom is 0.354 e. The Hall–Kier alpha value is -1.85. The summed E-state index contributed by atoms with van der Waals surface area (Å²) in [6, 6.07) is 0. The molecule has 0 bridgehead atoms. The van der Waals surface area contributed by atoms with Crippen LogP contribution in [0.25, 0.3) is 0 Å². The van der Waals surface area contributed by atoms with Crippen LogP contribution in [-0.2, 0) is 9.59 Å². The highest BCUT2D eigenvalue weighted by molar-refractivity contribution is 8.23. The molecule has 1 unspecified atom stereocenters. The normalized spacial score (nSPS) is 24.9. The van der Waals surface area contributed by atoms with Crippen LogP contribution in [0.15, 0.2) is 27.7 Å². The fraction of sp³-hybridized carbons (Fsp3) is 0.462. The number of aromatic nitrogens is 3. The number of aliphatic hydroxyl groups excluding tert-OH is 1. The Kier molecular flexibility index (Phi) is 4.65. The van der Waals surface area contributed by atoms with Gasteiger partial charge >= 0.3 is 5.97 Å². The first-order chi connectivity index (χ1) is 11.4. The maximum atomic E-state index is 12.1. The van der Waals surface area contributed by atoms with Gasteiger partial charge in [-0.2, -0.15) is 5.10 Å². The molecule has 0 spiro atoms. The van der Waals surface area contributed by atoms with Gasteiger partial charge in [0.1, 0.15) is 18.0 Å². The summed E-state index contributed by atoms with van der Waals surface area (Å²) < 4.78 is 2.02. The molecule has 0 radical (unpaired) electrons. The summed E-state index contributed by atoms with van der Waals surface area (Å²) in [5, 5.41) is 30.3. The first-order valence-corrected chi connectivity index (χ1v) is 8.94. The van der Waals surface area contributed by atoms with Gasteiger partial charge in [0.05, 0.1) is 16.3 Å². The number of hydrogen-bond acceptors (Lipinski definition) is 8.